The maximum atomic E-state index is 13.0. The highest BCUT2D eigenvalue weighted by Gasteiger charge is 2.44. The second kappa shape index (κ2) is 49.6. The number of aliphatic hydroxyl groups excluding tert-OH is 5. The molecule has 11 nitrogen and oxygen atoms in total. The highest BCUT2D eigenvalue weighted by Crippen LogP contribution is 2.23. The van der Waals surface area contributed by atoms with E-state index in [4.69, 9.17) is 14.2 Å². The van der Waals surface area contributed by atoms with Crippen molar-refractivity contribution in [2.45, 2.75) is 333 Å². The Hall–Kier alpha value is -1.60. The van der Waals surface area contributed by atoms with E-state index in [0.717, 1.165) is 57.8 Å². The van der Waals surface area contributed by atoms with Crippen LogP contribution in [0.4, 0.5) is 0 Å². The summed E-state index contributed by atoms with van der Waals surface area (Å²) in [5, 5.41) is 54.2. The fourth-order valence-electron chi connectivity index (χ4n) is 9.61. The third-order valence-corrected chi connectivity index (χ3v) is 14.4. The molecule has 0 bridgehead atoms. The van der Waals surface area contributed by atoms with Gasteiger partial charge in [0.2, 0.25) is 5.91 Å². The highest BCUT2D eigenvalue weighted by molar-refractivity contribution is 5.76. The second-order valence-electron chi connectivity index (χ2n) is 21.1. The summed E-state index contributed by atoms with van der Waals surface area (Å²) in [6.45, 7) is 4.32. The number of ether oxygens (including phenoxy) is 3. The minimum absolute atomic E-state index is 0.000216. The molecule has 7 unspecified atom stereocenters. The Morgan fingerprint density at radius 2 is 0.900 bits per heavy atom. The number of hydrogen-bond acceptors (Lipinski definition) is 10. The Balaban J connectivity index is 2.00. The van der Waals surface area contributed by atoms with E-state index in [1.165, 1.54) is 205 Å². The van der Waals surface area contributed by atoms with E-state index in [1.807, 2.05) is 6.08 Å². The van der Waals surface area contributed by atoms with E-state index in [9.17, 15) is 35.1 Å². The molecule has 414 valence electrons. The number of esters is 1. The minimum Gasteiger partial charge on any atom is -0.466 e. The molecule has 1 rings (SSSR count). The molecule has 0 aromatic heterocycles. The Kier molecular flexibility index (Phi) is 47.1. The smallest absolute Gasteiger partial charge is 0.305 e. The van der Waals surface area contributed by atoms with Crippen LogP contribution in [-0.2, 0) is 23.8 Å². The highest BCUT2D eigenvalue weighted by atomic mass is 16.7. The van der Waals surface area contributed by atoms with Crippen LogP contribution in [0.3, 0.4) is 0 Å². The van der Waals surface area contributed by atoms with Gasteiger partial charge in [-0.3, -0.25) is 9.59 Å². The molecule has 0 radical (unpaired) electrons. The normalized spacial score (nSPS) is 19.2. The molecule has 1 aliphatic heterocycles. The Labute approximate surface area is 429 Å². The molecular formula is C59H113NO10. The first-order valence-electron chi connectivity index (χ1n) is 30.0. The van der Waals surface area contributed by atoms with Crippen molar-refractivity contribution in [3.8, 4) is 0 Å². The predicted molar refractivity (Wildman–Crippen MR) is 288 cm³/mol. The van der Waals surface area contributed by atoms with E-state index in [-0.39, 0.29) is 18.5 Å². The van der Waals surface area contributed by atoms with Gasteiger partial charge in [-0.1, -0.05) is 257 Å². The van der Waals surface area contributed by atoms with Crippen molar-refractivity contribution in [1.82, 2.24) is 5.32 Å². The van der Waals surface area contributed by atoms with Gasteiger partial charge in [0.05, 0.1) is 32.0 Å². The average molecular weight is 997 g/mol. The number of aliphatic hydroxyl groups is 5. The maximum absolute atomic E-state index is 13.0. The molecule has 1 saturated heterocycles. The number of amides is 1. The zero-order valence-electron chi connectivity index (χ0n) is 45.5. The van der Waals surface area contributed by atoms with E-state index in [1.54, 1.807) is 6.08 Å². The summed E-state index contributed by atoms with van der Waals surface area (Å²) in [6.07, 6.45) is 47.5. The summed E-state index contributed by atoms with van der Waals surface area (Å²) in [5.74, 6) is -0.184. The third kappa shape index (κ3) is 38.9. The third-order valence-electron chi connectivity index (χ3n) is 14.4. The number of hydrogen-bond donors (Lipinski definition) is 6. The molecule has 1 amide bonds. The molecule has 11 heteroatoms. The van der Waals surface area contributed by atoms with Gasteiger partial charge in [0.1, 0.15) is 24.4 Å². The van der Waals surface area contributed by atoms with E-state index in [0.29, 0.717) is 19.4 Å². The topological polar surface area (TPSA) is 175 Å². The van der Waals surface area contributed by atoms with Crippen LogP contribution in [0, 0.1) is 0 Å². The van der Waals surface area contributed by atoms with Crippen molar-refractivity contribution in [3.63, 3.8) is 0 Å². The Bertz CT molecular complexity index is 1170. The van der Waals surface area contributed by atoms with Crippen LogP contribution >= 0.6 is 0 Å². The number of rotatable bonds is 52. The van der Waals surface area contributed by atoms with Crippen LogP contribution in [0.1, 0.15) is 290 Å². The molecule has 0 aliphatic carbocycles. The molecular weight excluding hydrogens is 883 g/mol. The zero-order chi connectivity index (χ0) is 51.0. The van der Waals surface area contributed by atoms with Gasteiger partial charge in [-0.15, -0.1) is 0 Å². The predicted octanol–water partition coefficient (Wildman–Crippen LogP) is 13.6. The Morgan fingerprint density at radius 3 is 1.33 bits per heavy atom. The summed E-state index contributed by atoms with van der Waals surface area (Å²) < 4.78 is 16.7. The van der Waals surface area contributed by atoms with Crippen LogP contribution in [0.2, 0.25) is 0 Å². The molecule has 0 saturated carbocycles. The van der Waals surface area contributed by atoms with Gasteiger partial charge in [0.25, 0.3) is 0 Å². The molecule has 1 aliphatic rings. The number of nitrogens with one attached hydrogen (secondary N) is 1. The van der Waals surface area contributed by atoms with Gasteiger partial charge in [-0.2, -0.15) is 0 Å². The second-order valence-corrected chi connectivity index (χ2v) is 21.1. The Morgan fingerprint density at radius 1 is 0.514 bits per heavy atom. The van der Waals surface area contributed by atoms with Gasteiger partial charge in [-0.05, 0) is 32.1 Å². The molecule has 0 aromatic carbocycles. The molecule has 1 fully saturated rings. The van der Waals surface area contributed by atoms with Crippen molar-refractivity contribution in [2.75, 3.05) is 19.8 Å². The first-order chi connectivity index (χ1) is 34.2. The summed E-state index contributed by atoms with van der Waals surface area (Å²) in [5.41, 5.74) is 0. The lowest BCUT2D eigenvalue weighted by Gasteiger charge is -2.40. The molecule has 0 spiro atoms. The molecule has 6 N–H and O–H groups in total. The van der Waals surface area contributed by atoms with Gasteiger partial charge in [0, 0.05) is 12.8 Å². The number of unbranched alkanes of at least 4 members (excludes halogenated alkanes) is 38. The van der Waals surface area contributed by atoms with E-state index in [2.05, 4.69) is 19.2 Å². The molecule has 7 atom stereocenters. The first kappa shape index (κ1) is 66.4. The van der Waals surface area contributed by atoms with Crippen LogP contribution in [0.15, 0.2) is 12.2 Å². The maximum Gasteiger partial charge on any atom is 0.305 e. The fraction of sp³-hybridized carbons (Fsp3) is 0.932. The van der Waals surface area contributed by atoms with Crippen LogP contribution < -0.4 is 5.32 Å². The average Bonchev–Trinajstić information content (AvgIpc) is 3.36. The number of carbonyl (C=O) groups is 2. The van der Waals surface area contributed by atoms with Crippen LogP contribution in [-0.4, -0.2) is 100 Å². The molecule has 70 heavy (non-hydrogen) atoms. The van der Waals surface area contributed by atoms with Crippen LogP contribution in [0.25, 0.3) is 0 Å². The van der Waals surface area contributed by atoms with Crippen molar-refractivity contribution in [3.05, 3.63) is 12.2 Å². The minimum atomic E-state index is -1.57. The van der Waals surface area contributed by atoms with Crippen molar-refractivity contribution >= 4 is 11.9 Å². The monoisotopic (exact) mass is 996 g/mol. The van der Waals surface area contributed by atoms with Gasteiger partial charge < -0.3 is 45.1 Å². The lowest BCUT2D eigenvalue weighted by Crippen LogP contribution is -2.60. The fourth-order valence-corrected chi connectivity index (χ4v) is 9.61. The number of carbonyl (C=O) groups excluding carboxylic acids is 2. The molecule has 0 aromatic rings. The van der Waals surface area contributed by atoms with Crippen molar-refractivity contribution in [2.24, 2.45) is 0 Å². The van der Waals surface area contributed by atoms with Gasteiger partial charge in [0.15, 0.2) is 6.29 Å². The summed E-state index contributed by atoms with van der Waals surface area (Å²) in [4.78, 5) is 25.0. The van der Waals surface area contributed by atoms with E-state index < -0.39 is 49.5 Å². The zero-order valence-corrected chi connectivity index (χ0v) is 45.5. The summed E-state index contributed by atoms with van der Waals surface area (Å²) >= 11 is 0. The quantitative estimate of drug-likeness (QED) is 0.0195. The summed E-state index contributed by atoms with van der Waals surface area (Å²) in [6, 6.07) is -0.808. The largest absolute Gasteiger partial charge is 0.466 e. The lowest BCUT2D eigenvalue weighted by atomic mass is 9.99. The van der Waals surface area contributed by atoms with E-state index >= 15 is 0 Å². The van der Waals surface area contributed by atoms with Gasteiger partial charge >= 0.3 is 5.97 Å². The summed E-state index contributed by atoms with van der Waals surface area (Å²) in [7, 11) is 0. The van der Waals surface area contributed by atoms with Gasteiger partial charge in [-0.25, -0.2) is 0 Å². The number of allylic oxidation sites excluding steroid dienone is 1. The van der Waals surface area contributed by atoms with Crippen LogP contribution in [0.5, 0.6) is 0 Å². The first-order valence-corrected chi connectivity index (χ1v) is 30.0. The molecule has 1 heterocycles. The lowest BCUT2D eigenvalue weighted by molar-refractivity contribution is -0.302. The van der Waals surface area contributed by atoms with Crippen molar-refractivity contribution in [1.29, 1.82) is 0 Å². The SMILES string of the molecule is CCCCCCCCC/C=C/C(O)C(COC1OC(CO)C(O)C(O)C1O)NC(=O)CCCCCCCCCCCCCCCCCCCCCCCOC(=O)CCCCCCCCCCCCCC. The standard InChI is InChI=1S/C59H113NO10/c1-3-5-7-9-11-13-14-27-31-35-39-43-47-55(64)68-48-44-40-36-32-28-25-23-21-19-17-15-16-18-20-22-24-26-30-34-38-42-46-54(63)60-51(52(62)45-41-37-33-29-12-10-8-6-4-2)50-69-59-58(67)57(66)56(65)53(49-61)70-59/h41,45,51-53,56-59,61-62,65-67H,3-40,42-44,46-50H2,1-2H3,(H,60,63)/b45-41+. The van der Waals surface area contributed by atoms with Crippen molar-refractivity contribution < 1.29 is 49.3 Å².